The lowest BCUT2D eigenvalue weighted by Crippen LogP contribution is -2.49. The first kappa shape index (κ1) is 20.9. The molecule has 2 atom stereocenters. The Morgan fingerprint density at radius 3 is 2.64 bits per heavy atom. The smallest absolute Gasteiger partial charge is 0.341 e. The second kappa shape index (κ2) is 7.58. The van der Waals surface area contributed by atoms with Crippen LogP contribution in [0.4, 0.5) is 10.1 Å². The molecule has 2 aromatic rings. The van der Waals surface area contributed by atoms with Crippen molar-refractivity contribution in [1.82, 2.24) is 0 Å². The second-order valence-electron chi connectivity index (χ2n) is 8.19. The van der Waals surface area contributed by atoms with Gasteiger partial charge in [0, 0.05) is 24.1 Å². The minimum atomic E-state index is -1.76. The van der Waals surface area contributed by atoms with Crippen molar-refractivity contribution in [2.45, 2.75) is 31.1 Å². The molecule has 2 aromatic carbocycles. The van der Waals surface area contributed by atoms with Crippen LogP contribution in [0.25, 0.3) is 0 Å². The molecule has 0 fully saturated rings. The molecule has 2 aliphatic heterocycles. The van der Waals surface area contributed by atoms with E-state index in [1.807, 2.05) is 0 Å². The summed E-state index contributed by atoms with van der Waals surface area (Å²) in [5.41, 5.74) is 6.07. The summed E-state index contributed by atoms with van der Waals surface area (Å²) < 4.78 is 24.4. The number of ether oxygens (including phenoxy) is 2. The lowest BCUT2D eigenvalue weighted by Gasteiger charge is -2.40. The highest BCUT2D eigenvalue weighted by atomic mass is 19.1. The number of fused-ring (bicyclic) bond motifs is 3. The zero-order valence-corrected chi connectivity index (χ0v) is 17.8. The van der Waals surface area contributed by atoms with E-state index >= 15 is 0 Å². The first-order valence-corrected chi connectivity index (χ1v) is 10.7. The number of amides is 1. The zero-order chi connectivity index (χ0) is 23.3. The number of nitrogens with two attached hydrogens (primary N) is 1. The lowest BCUT2D eigenvalue weighted by molar-refractivity contribution is -0.141. The normalized spacial score (nSPS) is 23.8. The summed E-state index contributed by atoms with van der Waals surface area (Å²) in [5.74, 6) is -2.41. The summed E-state index contributed by atoms with van der Waals surface area (Å²) in [6.07, 6.45) is 0.335. The molecular weight excluding hydrogens is 427 g/mol. The fraction of sp³-hybridized carbons (Fsp3) is 0.240. The van der Waals surface area contributed by atoms with Crippen molar-refractivity contribution in [3.8, 4) is 0 Å². The Balaban J connectivity index is 1.71. The second-order valence-corrected chi connectivity index (χ2v) is 8.19. The van der Waals surface area contributed by atoms with Crippen molar-refractivity contribution >= 4 is 23.3 Å². The maximum atomic E-state index is 13.6. The predicted molar refractivity (Wildman–Crippen MR) is 116 cm³/mol. The highest BCUT2D eigenvalue weighted by Crippen LogP contribution is 2.55. The number of hydrogen-bond acceptors (Lipinski definition) is 6. The first-order valence-electron chi connectivity index (χ1n) is 10.7. The molecule has 33 heavy (non-hydrogen) atoms. The number of anilines is 1. The molecule has 3 aliphatic rings. The topological polar surface area (TPSA) is 108 Å². The quantitative estimate of drug-likeness (QED) is 0.699. The number of esters is 1. The number of carbonyl (C=O) groups excluding carboxylic acids is 3. The van der Waals surface area contributed by atoms with Gasteiger partial charge in [-0.15, -0.1) is 0 Å². The first-order chi connectivity index (χ1) is 15.9. The molecule has 1 aliphatic carbocycles. The lowest BCUT2D eigenvalue weighted by atomic mass is 9.63. The van der Waals surface area contributed by atoms with Gasteiger partial charge in [0.25, 0.3) is 0 Å². The van der Waals surface area contributed by atoms with E-state index in [4.69, 9.17) is 15.2 Å². The molecule has 0 radical (unpaired) electrons. The third-order valence-corrected chi connectivity index (χ3v) is 6.39. The maximum absolute atomic E-state index is 13.6. The number of carbonyl (C=O) groups is 3. The van der Waals surface area contributed by atoms with E-state index < -0.39 is 17.3 Å². The van der Waals surface area contributed by atoms with Gasteiger partial charge in [-0.25, -0.2) is 9.18 Å². The van der Waals surface area contributed by atoms with Gasteiger partial charge in [0.05, 0.1) is 12.2 Å². The average molecular weight is 448 g/mol. The van der Waals surface area contributed by atoms with Gasteiger partial charge in [0.15, 0.2) is 5.78 Å². The molecule has 8 heteroatoms. The third kappa shape index (κ3) is 2.97. The standard InChI is InChI=1S/C25H21FN2O5/c1-2-32-23(30)21-22(27)33-19-12-14(13-7-9-15(26)10-8-13)11-18(29)20(19)25(21)16-5-3-4-6-17(16)28-24(25)31/h3-10,14H,2,11-12,27H2,1H3,(H,28,31). The molecule has 0 aromatic heterocycles. The van der Waals surface area contributed by atoms with Crippen LogP contribution in [-0.2, 0) is 29.3 Å². The molecule has 5 rings (SSSR count). The SMILES string of the molecule is CCOC(=O)C1=C(N)OC2=C(C(=O)CC(c3ccc(F)cc3)C2)C12C(=O)Nc1ccccc12. The molecule has 0 saturated carbocycles. The summed E-state index contributed by atoms with van der Waals surface area (Å²) in [5, 5.41) is 2.79. The van der Waals surface area contributed by atoms with Crippen molar-refractivity contribution in [2.75, 3.05) is 11.9 Å². The monoisotopic (exact) mass is 448 g/mol. The van der Waals surface area contributed by atoms with Crippen LogP contribution in [0.2, 0.25) is 0 Å². The van der Waals surface area contributed by atoms with Crippen LogP contribution >= 0.6 is 0 Å². The molecule has 168 valence electrons. The van der Waals surface area contributed by atoms with Crippen LogP contribution in [0.3, 0.4) is 0 Å². The van der Waals surface area contributed by atoms with Gasteiger partial charge in [0.1, 0.15) is 22.6 Å². The number of ketones is 1. The Morgan fingerprint density at radius 2 is 1.91 bits per heavy atom. The van der Waals surface area contributed by atoms with Crippen molar-refractivity contribution in [3.63, 3.8) is 0 Å². The fourth-order valence-corrected chi connectivity index (χ4v) is 5.07. The van der Waals surface area contributed by atoms with E-state index in [1.54, 1.807) is 43.3 Å². The number of para-hydroxylation sites is 1. The van der Waals surface area contributed by atoms with Crippen molar-refractivity contribution in [2.24, 2.45) is 5.73 Å². The Labute approximate surface area is 189 Å². The van der Waals surface area contributed by atoms with Crippen molar-refractivity contribution < 1.29 is 28.2 Å². The Morgan fingerprint density at radius 1 is 1.18 bits per heavy atom. The zero-order valence-electron chi connectivity index (χ0n) is 17.8. The van der Waals surface area contributed by atoms with Gasteiger partial charge in [-0.2, -0.15) is 0 Å². The fourth-order valence-electron chi connectivity index (χ4n) is 5.07. The van der Waals surface area contributed by atoms with Gasteiger partial charge < -0.3 is 20.5 Å². The van der Waals surface area contributed by atoms with Crippen LogP contribution in [0.5, 0.6) is 0 Å². The van der Waals surface area contributed by atoms with E-state index in [2.05, 4.69) is 5.32 Å². The summed E-state index contributed by atoms with van der Waals surface area (Å²) in [4.78, 5) is 40.2. The van der Waals surface area contributed by atoms with Crippen LogP contribution < -0.4 is 11.1 Å². The number of nitrogens with one attached hydrogen (secondary N) is 1. The van der Waals surface area contributed by atoms with Gasteiger partial charge in [0.2, 0.25) is 11.8 Å². The van der Waals surface area contributed by atoms with Crippen molar-refractivity contribution in [1.29, 1.82) is 0 Å². The molecule has 0 bridgehead atoms. The molecule has 1 amide bonds. The Hall–Kier alpha value is -3.94. The van der Waals surface area contributed by atoms with Crippen LogP contribution in [0.15, 0.2) is 71.3 Å². The van der Waals surface area contributed by atoms with E-state index in [0.29, 0.717) is 11.3 Å². The number of benzene rings is 2. The Kier molecular flexibility index (Phi) is 4.81. The molecule has 3 N–H and O–H groups in total. The summed E-state index contributed by atoms with van der Waals surface area (Å²) in [6, 6.07) is 12.8. The van der Waals surface area contributed by atoms with E-state index in [1.165, 1.54) is 12.1 Å². The number of Topliss-reactive ketones (excluding diaryl/α,β-unsaturated/α-hetero) is 1. The van der Waals surface area contributed by atoms with Gasteiger partial charge >= 0.3 is 5.97 Å². The molecule has 2 heterocycles. The number of hydrogen-bond donors (Lipinski definition) is 2. The average Bonchev–Trinajstić information content (AvgIpc) is 3.06. The Bertz CT molecular complexity index is 1260. The minimum Gasteiger partial charge on any atom is -0.462 e. The molecule has 7 nitrogen and oxygen atoms in total. The van der Waals surface area contributed by atoms with Gasteiger partial charge in [-0.1, -0.05) is 30.3 Å². The number of allylic oxidation sites excluding steroid dienone is 1. The molecular formula is C25H21FN2O5. The summed E-state index contributed by atoms with van der Waals surface area (Å²) in [7, 11) is 0. The third-order valence-electron chi connectivity index (χ3n) is 6.39. The van der Waals surface area contributed by atoms with Gasteiger partial charge in [-0.05, 0) is 36.6 Å². The highest BCUT2D eigenvalue weighted by molar-refractivity contribution is 6.22. The largest absolute Gasteiger partial charge is 0.462 e. The van der Waals surface area contributed by atoms with E-state index in [0.717, 1.165) is 5.56 Å². The van der Waals surface area contributed by atoms with Gasteiger partial charge in [-0.3, -0.25) is 9.59 Å². The molecule has 2 unspecified atom stereocenters. The number of rotatable bonds is 3. The molecule has 1 spiro atoms. The van der Waals surface area contributed by atoms with Crippen LogP contribution in [0, 0.1) is 5.82 Å². The van der Waals surface area contributed by atoms with Crippen LogP contribution in [0.1, 0.15) is 36.8 Å². The van der Waals surface area contributed by atoms with E-state index in [-0.39, 0.29) is 59.8 Å². The number of halogens is 1. The predicted octanol–water partition coefficient (Wildman–Crippen LogP) is 3.18. The van der Waals surface area contributed by atoms with Crippen LogP contribution in [-0.4, -0.2) is 24.3 Å². The van der Waals surface area contributed by atoms with E-state index in [9.17, 15) is 18.8 Å². The maximum Gasteiger partial charge on any atom is 0.341 e. The van der Waals surface area contributed by atoms with Crippen molar-refractivity contribution in [3.05, 3.63) is 88.3 Å². The minimum absolute atomic E-state index is 0.0570. The summed E-state index contributed by atoms with van der Waals surface area (Å²) in [6.45, 7) is 1.69. The summed E-state index contributed by atoms with van der Waals surface area (Å²) >= 11 is 0. The highest BCUT2D eigenvalue weighted by Gasteiger charge is 2.62. The molecule has 0 saturated heterocycles.